The molecule has 0 aromatic carbocycles. The van der Waals surface area contributed by atoms with Gasteiger partial charge in [0.2, 0.25) is 10.0 Å². The van der Waals surface area contributed by atoms with Crippen molar-refractivity contribution >= 4 is 16.0 Å². The zero-order valence-electron chi connectivity index (χ0n) is 5.46. The van der Waals surface area contributed by atoms with Gasteiger partial charge in [-0.2, -0.15) is 0 Å². The lowest BCUT2D eigenvalue weighted by Crippen LogP contribution is -2.30. The van der Waals surface area contributed by atoms with Crippen LogP contribution in [0.4, 0.5) is 0 Å². The van der Waals surface area contributed by atoms with Crippen molar-refractivity contribution in [1.29, 1.82) is 0 Å². The third kappa shape index (κ3) is 7.38. The Morgan fingerprint density at radius 3 is 2.40 bits per heavy atom. The van der Waals surface area contributed by atoms with Gasteiger partial charge in [0, 0.05) is 18.9 Å². The molecule has 0 aromatic heterocycles. The van der Waals surface area contributed by atoms with Crippen LogP contribution in [0.1, 0.15) is 6.42 Å². The number of carbonyl (C=O) groups is 1. The lowest BCUT2D eigenvalue weighted by Gasteiger charge is -2.01. The van der Waals surface area contributed by atoms with Crippen LogP contribution in [0, 0.1) is 0 Å². The summed E-state index contributed by atoms with van der Waals surface area (Å²) in [6.45, 7) is -0.110. The molecule has 0 aromatic rings. The average Bonchev–Trinajstić information content (AvgIpc) is 1.59. The topological polar surface area (TPSA) is 86.3 Å². The number of aliphatic carboxylic acids is 1. The van der Waals surface area contributed by atoms with E-state index in [1.165, 1.54) is 0 Å². The monoisotopic (exact) mass is 166 g/mol. The largest absolute Gasteiger partial charge is 0.550 e. The van der Waals surface area contributed by atoms with Crippen molar-refractivity contribution in [3.63, 3.8) is 0 Å². The molecule has 10 heavy (non-hydrogen) atoms. The third-order valence-electron chi connectivity index (χ3n) is 0.693. The van der Waals surface area contributed by atoms with E-state index in [4.69, 9.17) is 0 Å². The first-order valence-electron chi connectivity index (χ1n) is 2.56. The standard InChI is InChI=1S/C4H9NO4S/c1-10(8,9)5-3-2-4(6)7/h5H,2-3H2,1H3,(H,6,7)/p-1. The minimum atomic E-state index is -3.26. The highest BCUT2D eigenvalue weighted by molar-refractivity contribution is 7.88. The summed E-state index contributed by atoms with van der Waals surface area (Å²) in [6, 6.07) is 0. The van der Waals surface area contributed by atoms with Crippen LogP contribution in [0.15, 0.2) is 0 Å². The van der Waals surface area contributed by atoms with E-state index in [0.717, 1.165) is 6.26 Å². The maximum absolute atomic E-state index is 10.3. The van der Waals surface area contributed by atoms with Crippen LogP contribution in [-0.2, 0) is 14.8 Å². The first kappa shape index (κ1) is 9.38. The first-order valence-corrected chi connectivity index (χ1v) is 4.45. The summed E-state index contributed by atoms with van der Waals surface area (Å²) in [5.41, 5.74) is 0. The van der Waals surface area contributed by atoms with E-state index in [1.54, 1.807) is 0 Å². The van der Waals surface area contributed by atoms with Gasteiger partial charge in [-0.3, -0.25) is 0 Å². The zero-order chi connectivity index (χ0) is 8.20. The molecular formula is C4H8NO4S-. The molecule has 0 spiro atoms. The van der Waals surface area contributed by atoms with E-state index >= 15 is 0 Å². The molecule has 0 aliphatic carbocycles. The Hall–Kier alpha value is -0.620. The van der Waals surface area contributed by atoms with Crippen LogP contribution >= 0.6 is 0 Å². The molecule has 0 bridgehead atoms. The maximum atomic E-state index is 10.3. The molecule has 5 nitrogen and oxygen atoms in total. The Labute approximate surface area is 59.1 Å². The van der Waals surface area contributed by atoms with Crippen molar-refractivity contribution in [3.8, 4) is 0 Å². The number of rotatable bonds is 4. The molecule has 0 rings (SSSR count). The van der Waals surface area contributed by atoms with Crippen LogP contribution in [-0.4, -0.2) is 27.2 Å². The van der Waals surface area contributed by atoms with E-state index in [9.17, 15) is 18.3 Å². The molecular weight excluding hydrogens is 158 g/mol. The van der Waals surface area contributed by atoms with Crippen molar-refractivity contribution in [2.75, 3.05) is 12.8 Å². The van der Waals surface area contributed by atoms with Gasteiger partial charge in [-0.25, -0.2) is 13.1 Å². The summed E-state index contributed by atoms with van der Waals surface area (Å²) in [5, 5.41) is 9.74. The van der Waals surface area contributed by atoms with Gasteiger partial charge in [0.1, 0.15) is 0 Å². The highest BCUT2D eigenvalue weighted by Gasteiger charge is 1.97. The second-order valence-electron chi connectivity index (χ2n) is 1.79. The van der Waals surface area contributed by atoms with Gasteiger partial charge in [0.05, 0.1) is 6.26 Å². The van der Waals surface area contributed by atoms with E-state index in [2.05, 4.69) is 0 Å². The van der Waals surface area contributed by atoms with Crippen LogP contribution in [0.2, 0.25) is 0 Å². The zero-order valence-corrected chi connectivity index (χ0v) is 6.27. The van der Waals surface area contributed by atoms with E-state index in [1.807, 2.05) is 4.72 Å². The predicted molar refractivity (Wildman–Crippen MR) is 32.5 cm³/mol. The summed E-state index contributed by atoms with van der Waals surface area (Å²) < 4.78 is 22.6. The molecule has 0 aliphatic rings. The van der Waals surface area contributed by atoms with Crippen molar-refractivity contribution in [1.82, 2.24) is 4.72 Å². The quantitative estimate of drug-likeness (QED) is 0.507. The lowest BCUT2D eigenvalue weighted by atomic mass is 10.5. The van der Waals surface area contributed by atoms with Gasteiger partial charge in [-0.15, -0.1) is 0 Å². The summed E-state index contributed by atoms with van der Waals surface area (Å²) in [4.78, 5) is 9.74. The van der Waals surface area contributed by atoms with Gasteiger partial charge in [0.25, 0.3) is 0 Å². The molecule has 0 saturated carbocycles. The molecule has 0 radical (unpaired) electrons. The van der Waals surface area contributed by atoms with Gasteiger partial charge < -0.3 is 9.90 Å². The maximum Gasteiger partial charge on any atom is 0.208 e. The molecule has 1 N–H and O–H groups in total. The number of carbonyl (C=O) groups excluding carboxylic acids is 1. The van der Waals surface area contributed by atoms with E-state index < -0.39 is 16.0 Å². The molecule has 60 valence electrons. The summed E-state index contributed by atoms with van der Waals surface area (Å²) >= 11 is 0. The molecule has 0 unspecified atom stereocenters. The van der Waals surface area contributed by atoms with Crippen LogP contribution in [0.25, 0.3) is 0 Å². The average molecular weight is 166 g/mol. The fraction of sp³-hybridized carbons (Fsp3) is 0.750. The Balaban J connectivity index is 3.49. The van der Waals surface area contributed by atoms with Crippen LogP contribution in [0.5, 0.6) is 0 Å². The van der Waals surface area contributed by atoms with Crippen molar-refractivity contribution < 1.29 is 18.3 Å². The van der Waals surface area contributed by atoms with E-state index in [-0.39, 0.29) is 13.0 Å². The number of hydrogen-bond donors (Lipinski definition) is 1. The molecule has 0 fully saturated rings. The number of carboxylic acids is 1. The van der Waals surface area contributed by atoms with Gasteiger partial charge >= 0.3 is 0 Å². The number of sulfonamides is 1. The summed E-state index contributed by atoms with van der Waals surface area (Å²) in [5.74, 6) is -1.27. The smallest absolute Gasteiger partial charge is 0.208 e. The molecule has 0 aliphatic heterocycles. The Bertz CT molecular complexity index is 207. The fourth-order valence-corrected chi connectivity index (χ4v) is 0.811. The van der Waals surface area contributed by atoms with Crippen LogP contribution < -0.4 is 9.83 Å². The predicted octanol–water partition coefficient (Wildman–Crippen LogP) is -2.32. The summed E-state index contributed by atoms with van der Waals surface area (Å²) in [6.07, 6.45) is 0.662. The second kappa shape index (κ2) is 3.52. The third-order valence-corrected chi connectivity index (χ3v) is 1.42. The number of nitrogens with one attached hydrogen (secondary N) is 1. The highest BCUT2D eigenvalue weighted by Crippen LogP contribution is 1.76. The molecule has 0 atom stereocenters. The van der Waals surface area contributed by atoms with E-state index in [0.29, 0.717) is 0 Å². The highest BCUT2D eigenvalue weighted by atomic mass is 32.2. The van der Waals surface area contributed by atoms with Crippen molar-refractivity contribution in [2.24, 2.45) is 0 Å². The Morgan fingerprint density at radius 1 is 1.60 bits per heavy atom. The minimum Gasteiger partial charge on any atom is -0.550 e. The van der Waals surface area contributed by atoms with Gasteiger partial charge in [-0.1, -0.05) is 0 Å². The van der Waals surface area contributed by atoms with Crippen molar-refractivity contribution in [2.45, 2.75) is 6.42 Å². The molecule has 0 saturated heterocycles. The first-order chi connectivity index (χ1) is 4.42. The van der Waals surface area contributed by atoms with Gasteiger partial charge in [-0.05, 0) is 0 Å². The van der Waals surface area contributed by atoms with Crippen LogP contribution in [0.3, 0.4) is 0 Å². The lowest BCUT2D eigenvalue weighted by molar-refractivity contribution is -0.305. The Morgan fingerprint density at radius 2 is 2.10 bits per heavy atom. The van der Waals surface area contributed by atoms with Crippen molar-refractivity contribution in [3.05, 3.63) is 0 Å². The molecule has 0 amide bonds. The second-order valence-corrected chi connectivity index (χ2v) is 3.62. The SMILES string of the molecule is CS(=O)(=O)NCCC(=O)[O-]. The minimum absolute atomic E-state index is 0.110. The molecule has 0 heterocycles. The molecule has 6 heteroatoms. The fourth-order valence-electron chi connectivity index (χ4n) is 0.338. The summed E-state index contributed by atoms with van der Waals surface area (Å²) in [7, 11) is -3.26. The number of hydrogen-bond acceptors (Lipinski definition) is 4. The Kier molecular flexibility index (Phi) is 3.31. The van der Waals surface area contributed by atoms with Gasteiger partial charge in [0.15, 0.2) is 0 Å². The number of carboxylic acid groups (broad SMARTS) is 1. The normalized spacial score (nSPS) is 11.3.